The second kappa shape index (κ2) is 6.41. The summed E-state index contributed by atoms with van der Waals surface area (Å²) in [4.78, 5) is 18.9. The van der Waals surface area contributed by atoms with Crippen molar-refractivity contribution in [1.82, 2.24) is 15.6 Å². The molecule has 21 heavy (non-hydrogen) atoms. The van der Waals surface area contributed by atoms with Crippen LogP contribution in [-0.2, 0) is 17.7 Å². The van der Waals surface area contributed by atoms with Crippen LogP contribution in [0, 0.1) is 0 Å². The van der Waals surface area contributed by atoms with Crippen LogP contribution in [0.15, 0.2) is 6.07 Å². The number of fused-ring (bicyclic) bond motifs is 1. The van der Waals surface area contributed by atoms with Gasteiger partial charge in [0.1, 0.15) is 0 Å². The van der Waals surface area contributed by atoms with Crippen LogP contribution in [0.4, 0.5) is 5.69 Å². The van der Waals surface area contributed by atoms with Gasteiger partial charge in [-0.2, -0.15) is 0 Å². The van der Waals surface area contributed by atoms with Gasteiger partial charge in [0.2, 0.25) is 0 Å². The van der Waals surface area contributed by atoms with E-state index in [0.717, 1.165) is 57.1 Å². The smallest absolute Gasteiger partial charge is 0.356 e. The van der Waals surface area contributed by atoms with Gasteiger partial charge in [0, 0.05) is 38.4 Å². The van der Waals surface area contributed by atoms with Crippen molar-refractivity contribution in [2.24, 2.45) is 0 Å². The summed E-state index contributed by atoms with van der Waals surface area (Å²) >= 11 is 0. The van der Waals surface area contributed by atoms with Gasteiger partial charge in [-0.1, -0.05) is 0 Å². The number of rotatable bonds is 3. The molecule has 0 aliphatic carbocycles. The summed E-state index contributed by atoms with van der Waals surface area (Å²) < 4.78 is 5.11. The Hall–Kier alpha value is -1.66. The Morgan fingerprint density at radius 3 is 2.90 bits per heavy atom. The van der Waals surface area contributed by atoms with Gasteiger partial charge in [-0.25, -0.2) is 9.78 Å². The monoisotopic (exact) mass is 290 g/mol. The Labute approximate surface area is 124 Å². The minimum Gasteiger partial charge on any atom is -0.461 e. The number of carbonyl (C=O) groups excluding carboxylic acids is 1. The number of nitrogens with zero attached hydrogens (tertiary/aromatic N) is 2. The zero-order chi connectivity index (χ0) is 14.7. The Morgan fingerprint density at radius 2 is 2.14 bits per heavy atom. The average Bonchev–Trinajstić information content (AvgIpc) is 2.55. The highest BCUT2D eigenvalue weighted by Crippen LogP contribution is 2.27. The largest absolute Gasteiger partial charge is 0.461 e. The maximum atomic E-state index is 12.0. The van der Waals surface area contributed by atoms with E-state index in [1.54, 1.807) is 0 Å². The predicted molar refractivity (Wildman–Crippen MR) is 80.7 cm³/mol. The van der Waals surface area contributed by atoms with Crippen molar-refractivity contribution in [3.63, 3.8) is 0 Å². The van der Waals surface area contributed by atoms with Crippen molar-refractivity contribution < 1.29 is 9.53 Å². The fourth-order valence-electron chi connectivity index (χ4n) is 2.95. The molecule has 1 aromatic heterocycles. The number of hydrogen-bond donors (Lipinski definition) is 2. The van der Waals surface area contributed by atoms with E-state index in [4.69, 9.17) is 4.74 Å². The topological polar surface area (TPSA) is 66.5 Å². The molecule has 1 fully saturated rings. The van der Waals surface area contributed by atoms with Gasteiger partial charge in [-0.15, -0.1) is 0 Å². The first-order chi connectivity index (χ1) is 10.3. The van der Waals surface area contributed by atoms with Crippen LogP contribution >= 0.6 is 0 Å². The summed E-state index contributed by atoms with van der Waals surface area (Å²) in [5.74, 6) is -0.331. The molecule has 0 amide bonds. The van der Waals surface area contributed by atoms with E-state index in [2.05, 4.69) is 20.5 Å². The minimum absolute atomic E-state index is 0.331. The Kier molecular flexibility index (Phi) is 4.36. The van der Waals surface area contributed by atoms with E-state index in [0.29, 0.717) is 12.3 Å². The molecule has 0 aromatic carbocycles. The van der Waals surface area contributed by atoms with Crippen LogP contribution in [0.3, 0.4) is 0 Å². The molecule has 0 atom stereocenters. The van der Waals surface area contributed by atoms with Crippen molar-refractivity contribution in [3.05, 3.63) is 23.0 Å². The van der Waals surface area contributed by atoms with E-state index < -0.39 is 0 Å². The standard InChI is InChI=1S/C15H22N4O2/c1-2-21-15(20)12-9-14(19-7-5-16-6-8-19)11-3-4-17-10-13(11)18-12/h9,16-17H,2-8,10H2,1H3. The first-order valence-corrected chi connectivity index (χ1v) is 7.66. The molecule has 0 radical (unpaired) electrons. The molecule has 1 aromatic rings. The molecule has 2 aliphatic rings. The van der Waals surface area contributed by atoms with Gasteiger partial charge in [0.25, 0.3) is 0 Å². The molecular formula is C15H22N4O2. The summed E-state index contributed by atoms with van der Waals surface area (Å²) in [5, 5.41) is 6.68. The molecule has 2 aliphatic heterocycles. The van der Waals surface area contributed by atoms with Crippen LogP contribution in [0.5, 0.6) is 0 Å². The fourth-order valence-corrected chi connectivity index (χ4v) is 2.95. The first kappa shape index (κ1) is 14.3. The summed E-state index contributed by atoms with van der Waals surface area (Å²) in [6.45, 7) is 7.76. The van der Waals surface area contributed by atoms with Crippen molar-refractivity contribution in [2.75, 3.05) is 44.2 Å². The van der Waals surface area contributed by atoms with Gasteiger partial charge < -0.3 is 20.3 Å². The molecular weight excluding hydrogens is 268 g/mol. The number of anilines is 1. The molecule has 2 N–H and O–H groups in total. The first-order valence-electron chi connectivity index (χ1n) is 7.66. The molecule has 0 unspecified atom stereocenters. The molecule has 0 bridgehead atoms. The molecule has 6 heteroatoms. The average molecular weight is 290 g/mol. The highest BCUT2D eigenvalue weighted by molar-refractivity contribution is 5.89. The summed E-state index contributed by atoms with van der Waals surface area (Å²) in [6.07, 6.45) is 0.963. The lowest BCUT2D eigenvalue weighted by atomic mass is 10.0. The second-order valence-corrected chi connectivity index (χ2v) is 5.34. The third kappa shape index (κ3) is 3.01. The Bertz CT molecular complexity index is 527. The number of pyridine rings is 1. The third-order valence-electron chi connectivity index (χ3n) is 3.97. The quantitative estimate of drug-likeness (QED) is 0.781. The van der Waals surface area contributed by atoms with Gasteiger partial charge in [0.05, 0.1) is 12.3 Å². The Balaban J connectivity index is 1.98. The van der Waals surface area contributed by atoms with Crippen LogP contribution in [0.2, 0.25) is 0 Å². The van der Waals surface area contributed by atoms with Crippen LogP contribution in [0.1, 0.15) is 28.7 Å². The number of piperazine rings is 1. The molecule has 3 heterocycles. The normalized spacial score (nSPS) is 18.2. The number of esters is 1. The molecule has 6 nitrogen and oxygen atoms in total. The number of ether oxygens (including phenoxy) is 1. The van der Waals surface area contributed by atoms with Crippen molar-refractivity contribution in [1.29, 1.82) is 0 Å². The maximum absolute atomic E-state index is 12.0. The van der Waals surface area contributed by atoms with Gasteiger partial charge >= 0.3 is 5.97 Å². The highest BCUT2D eigenvalue weighted by Gasteiger charge is 2.23. The summed E-state index contributed by atoms with van der Waals surface area (Å²) in [5.41, 5.74) is 3.85. The molecule has 0 spiro atoms. The van der Waals surface area contributed by atoms with E-state index in [9.17, 15) is 4.79 Å². The summed E-state index contributed by atoms with van der Waals surface area (Å²) in [7, 11) is 0. The number of carbonyl (C=O) groups is 1. The van der Waals surface area contributed by atoms with Crippen LogP contribution < -0.4 is 15.5 Å². The Morgan fingerprint density at radius 1 is 1.33 bits per heavy atom. The number of hydrogen-bond acceptors (Lipinski definition) is 6. The molecule has 0 saturated carbocycles. The number of nitrogens with one attached hydrogen (secondary N) is 2. The van der Waals surface area contributed by atoms with E-state index in [1.165, 1.54) is 5.56 Å². The van der Waals surface area contributed by atoms with E-state index in [1.807, 2.05) is 13.0 Å². The SMILES string of the molecule is CCOC(=O)c1cc(N2CCNCC2)c2c(n1)CNCC2. The van der Waals surface area contributed by atoms with E-state index in [-0.39, 0.29) is 5.97 Å². The highest BCUT2D eigenvalue weighted by atomic mass is 16.5. The van der Waals surface area contributed by atoms with Crippen molar-refractivity contribution >= 4 is 11.7 Å². The lowest BCUT2D eigenvalue weighted by Crippen LogP contribution is -2.44. The van der Waals surface area contributed by atoms with Crippen LogP contribution in [-0.4, -0.2) is 50.3 Å². The fraction of sp³-hybridized carbons (Fsp3) is 0.600. The molecule has 3 rings (SSSR count). The second-order valence-electron chi connectivity index (χ2n) is 5.34. The molecule has 1 saturated heterocycles. The maximum Gasteiger partial charge on any atom is 0.356 e. The summed E-state index contributed by atoms with van der Waals surface area (Å²) in [6, 6.07) is 1.91. The predicted octanol–water partition coefficient (Wildman–Crippen LogP) is 0.314. The third-order valence-corrected chi connectivity index (χ3v) is 3.97. The van der Waals surface area contributed by atoms with Gasteiger partial charge in [0.15, 0.2) is 5.69 Å². The lowest BCUT2D eigenvalue weighted by molar-refractivity contribution is 0.0519. The van der Waals surface area contributed by atoms with Gasteiger partial charge in [-0.3, -0.25) is 0 Å². The number of aromatic nitrogens is 1. The van der Waals surface area contributed by atoms with E-state index >= 15 is 0 Å². The van der Waals surface area contributed by atoms with Gasteiger partial charge in [-0.05, 0) is 31.5 Å². The van der Waals surface area contributed by atoms with Crippen molar-refractivity contribution in [2.45, 2.75) is 19.9 Å². The zero-order valence-electron chi connectivity index (χ0n) is 12.4. The van der Waals surface area contributed by atoms with Crippen molar-refractivity contribution in [3.8, 4) is 0 Å². The zero-order valence-corrected chi connectivity index (χ0v) is 12.4. The van der Waals surface area contributed by atoms with Crippen LogP contribution in [0.25, 0.3) is 0 Å². The minimum atomic E-state index is -0.331. The lowest BCUT2D eigenvalue weighted by Gasteiger charge is -2.33. The molecule has 114 valence electrons.